The number of carbonyl (C=O) groups is 1. The minimum absolute atomic E-state index is 0.0790. The Balaban J connectivity index is 0.000000247. The maximum Gasteiger partial charge on any atom is 0.510 e. The fraction of sp³-hybridized carbons (Fsp3) is 0.406. The van der Waals surface area contributed by atoms with E-state index < -0.39 is 18.9 Å². The van der Waals surface area contributed by atoms with Crippen LogP contribution >= 0.6 is 0 Å². The number of rotatable bonds is 8. The predicted octanol–water partition coefficient (Wildman–Crippen LogP) is 8.00. The summed E-state index contributed by atoms with van der Waals surface area (Å²) < 4.78 is 48.5. The van der Waals surface area contributed by atoms with Crippen molar-refractivity contribution < 1.29 is 27.4 Å². The van der Waals surface area contributed by atoms with Gasteiger partial charge in [-0.2, -0.15) is 13.2 Å². The van der Waals surface area contributed by atoms with Crippen LogP contribution in [0.2, 0.25) is 0 Å². The van der Waals surface area contributed by atoms with E-state index in [0.29, 0.717) is 11.7 Å². The number of aromatic nitrogens is 4. The third-order valence-electron chi connectivity index (χ3n) is 7.51. The molecule has 10 heteroatoms. The van der Waals surface area contributed by atoms with Crippen LogP contribution in [0.25, 0.3) is 0 Å². The first-order chi connectivity index (χ1) is 19.8. The van der Waals surface area contributed by atoms with Gasteiger partial charge < -0.3 is 18.6 Å². The zero-order chi connectivity index (χ0) is 31.0. The summed E-state index contributed by atoms with van der Waals surface area (Å²) >= 11 is 0. The smallest absolute Gasteiger partial charge is 0.425 e. The van der Waals surface area contributed by atoms with Crippen molar-refractivity contribution in [2.45, 2.75) is 79.8 Å². The van der Waals surface area contributed by atoms with E-state index in [1.807, 2.05) is 45.2 Å². The molecular formula is C32H39F3N4O3. The third kappa shape index (κ3) is 8.24. The van der Waals surface area contributed by atoms with Crippen molar-refractivity contribution in [2.24, 2.45) is 0 Å². The molecule has 2 atom stereocenters. The SMILES string of the molecule is CCn1ccnc1C(C)c1cccc(C)c1C.Cc1cccc(C(C)c2nccn2COC(=O)OCC(F)(F)F)c1C. The number of ether oxygens (including phenoxy) is 2. The lowest BCUT2D eigenvalue weighted by Gasteiger charge is -2.17. The number of halogens is 3. The highest BCUT2D eigenvalue weighted by atomic mass is 19.4. The molecule has 0 aliphatic heterocycles. The van der Waals surface area contributed by atoms with E-state index in [9.17, 15) is 18.0 Å². The molecule has 7 nitrogen and oxygen atoms in total. The molecule has 0 amide bonds. The van der Waals surface area contributed by atoms with Gasteiger partial charge in [-0.15, -0.1) is 0 Å². The molecule has 0 saturated heterocycles. The Morgan fingerprint density at radius 3 is 1.76 bits per heavy atom. The number of aryl methyl sites for hydroxylation is 3. The Kier molecular flexibility index (Phi) is 11.0. The number of hydrogen-bond acceptors (Lipinski definition) is 5. The molecule has 2 aromatic heterocycles. The fourth-order valence-electron chi connectivity index (χ4n) is 4.85. The summed E-state index contributed by atoms with van der Waals surface area (Å²) in [6.07, 6.45) is 1.11. The van der Waals surface area contributed by atoms with E-state index in [1.54, 1.807) is 17.0 Å². The van der Waals surface area contributed by atoms with Crippen LogP contribution in [0.15, 0.2) is 61.2 Å². The quantitative estimate of drug-likeness (QED) is 0.196. The Morgan fingerprint density at radius 2 is 1.29 bits per heavy atom. The van der Waals surface area contributed by atoms with E-state index in [0.717, 1.165) is 29.1 Å². The molecule has 4 aromatic rings. The van der Waals surface area contributed by atoms with Crippen LogP contribution in [0.3, 0.4) is 0 Å². The molecule has 0 spiro atoms. The Morgan fingerprint density at radius 1 is 0.810 bits per heavy atom. The van der Waals surface area contributed by atoms with Gasteiger partial charge in [0.2, 0.25) is 0 Å². The lowest BCUT2D eigenvalue weighted by Crippen LogP contribution is -2.22. The van der Waals surface area contributed by atoms with E-state index >= 15 is 0 Å². The molecule has 0 N–H and O–H groups in total. The summed E-state index contributed by atoms with van der Waals surface area (Å²) in [5, 5.41) is 0. The number of carbonyl (C=O) groups excluding carboxylic acids is 1. The van der Waals surface area contributed by atoms with Crippen LogP contribution in [0.5, 0.6) is 0 Å². The van der Waals surface area contributed by atoms with Gasteiger partial charge >= 0.3 is 12.3 Å². The Labute approximate surface area is 245 Å². The van der Waals surface area contributed by atoms with Crippen molar-refractivity contribution in [2.75, 3.05) is 6.61 Å². The number of imidazole rings is 2. The lowest BCUT2D eigenvalue weighted by atomic mass is 9.93. The second kappa shape index (κ2) is 14.2. The monoisotopic (exact) mass is 584 g/mol. The number of hydrogen-bond donors (Lipinski definition) is 0. The lowest BCUT2D eigenvalue weighted by molar-refractivity contribution is -0.166. The minimum atomic E-state index is -4.59. The highest BCUT2D eigenvalue weighted by molar-refractivity contribution is 5.59. The largest absolute Gasteiger partial charge is 0.510 e. The van der Waals surface area contributed by atoms with Crippen LogP contribution in [-0.2, 0) is 22.7 Å². The zero-order valence-corrected chi connectivity index (χ0v) is 25.2. The molecule has 0 bridgehead atoms. The van der Waals surface area contributed by atoms with Gasteiger partial charge in [0, 0.05) is 43.2 Å². The van der Waals surface area contributed by atoms with E-state index in [2.05, 4.69) is 71.4 Å². The maximum absolute atomic E-state index is 12.0. The summed E-state index contributed by atoms with van der Waals surface area (Å²) in [7, 11) is 0. The molecule has 4 rings (SSSR count). The van der Waals surface area contributed by atoms with Crippen LogP contribution < -0.4 is 0 Å². The summed E-state index contributed by atoms with van der Waals surface area (Å²) in [4.78, 5) is 20.0. The Bertz CT molecular complexity index is 1480. The van der Waals surface area contributed by atoms with Gasteiger partial charge in [-0.25, -0.2) is 14.8 Å². The first-order valence-corrected chi connectivity index (χ1v) is 13.8. The highest BCUT2D eigenvalue weighted by Gasteiger charge is 2.30. The fourth-order valence-corrected chi connectivity index (χ4v) is 4.85. The van der Waals surface area contributed by atoms with Gasteiger partial charge in [0.15, 0.2) is 13.3 Å². The van der Waals surface area contributed by atoms with E-state index in [4.69, 9.17) is 4.74 Å². The molecule has 2 unspecified atom stereocenters. The second-order valence-corrected chi connectivity index (χ2v) is 10.3. The molecule has 0 saturated carbocycles. The average molecular weight is 585 g/mol. The second-order valence-electron chi connectivity index (χ2n) is 10.3. The number of alkyl halides is 3. The summed E-state index contributed by atoms with van der Waals surface area (Å²) in [5.41, 5.74) is 7.47. The first-order valence-electron chi connectivity index (χ1n) is 13.8. The van der Waals surface area contributed by atoms with Gasteiger partial charge in [0.05, 0.1) is 0 Å². The molecule has 0 aliphatic carbocycles. The van der Waals surface area contributed by atoms with Gasteiger partial charge in [0.25, 0.3) is 0 Å². The molecule has 226 valence electrons. The van der Waals surface area contributed by atoms with Gasteiger partial charge in [-0.3, -0.25) is 0 Å². The molecule has 42 heavy (non-hydrogen) atoms. The van der Waals surface area contributed by atoms with Crippen molar-refractivity contribution in [3.8, 4) is 0 Å². The molecular weight excluding hydrogens is 545 g/mol. The van der Waals surface area contributed by atoms with Gasteiger partial charge in [-0.1, -0.05) is 50.2 Å². The van der Waals surface area contributed by atoms with Crippen LogP contribution in [0.1, 0.15) is 77.6 Å². The normalized spacial score (nSPS) is 12.7. The molecule has 0 aliphatic rings. The molecule has 0 radical (unpaired) electrons. The van der Waals surface area contributed by atoms with Crippen LogP contribution in [0.4, 0.5) is 18.0 Å². The van der Waals surface area contributed by atoms with Crippen LogP contribution in [-0.4, -0.2) is 38.0 Å². The molecule has 2 heterocycles. The van der Waals surface area contributed by atoms with E-state index in [1.165, 1.54) is 16.7 Å². The topological polar surface area (TPSA) is 71.2 Å². The highest BCUT2D eigenvalue weighted by Crippen LogP contribution is 2.28. The molecule has 0 fully saturated rings. The summed E-state index contributed by atoms with van der Waals surface area (Å²) in [6, 6.07) is 12.5. The first kappa shape index (κ1) is 32.4. The number of benzene rings is 2. The maximum atomic E-state index is 12.0. The van der Waals surface area contributed by atoms with Crippen molar-refractivity contribution in [3.05, 3.63) is 106 Å². The average Bonchev–Trinajstić information content (AvgIpc) is 3.63. The predicted molar refractivity (Wildman–Crippen MR) is 155 cm³/mol. The van der Waals surface area contributed by atoms with Gasteiger partial charge in [0.1, 0.15) is 11.6 Å². The van der Waals surface area contributed by atoms with E-state index in [-0.39, 0.29) is 12.6 Å². The summed E-state index contributed by atoms with van der Waals surface area (Å²) in [5.74, 6) is 2.06. The third-order valence-corrected chi connectivity index (χ3v) is 7.51. The standard InChI is InChI=1S/C17H19F3N2O3.C15H20N2/c1-11-5-4-6-14(12(11)2)13(3)15-21-7-8-22(15)10-25-16(23)24-9-17(18,19)20;1-5-17-10-9-16-15(17)13(4)14-8-6-7-11(2)12(14)3/h4-8,13H,9-10H2,1-3H3;6-10,13H,5H2,1-4H3. The van der Waals surface area contributed by atoms with Crippen molar-refractivity contribution in [1.29, 1.82) is 0 Å². The van der Waals surface area contributed by atoms with Crippen LogP contribution in [0, 0.1) is 27.7 Å². The Hall–Kier alpha value is -4.08. The zero-order valence-electron chi connectivity index (χ0n) is 25.2. The summed E-state index contributed by atoms with van der Waals surface area (Å²) in [6.45, 7) is 13.8. The van der Waals surface area contributed by atoms with Crippen molar-refractivity contribution >= 4 is 6.16 Å². The van der Waals surface area contributed by atoms with Crippen molar-refractivity contribution in [1.82, 2.24) is 19.1 Å². The number of nitrogens with zero attached hydrogens (tertiary/aromatic N) is 4. The van der Waals surface area contributed by atoms with Crippen molar-refractivity contribution in [3.63, 3.8) is 0 Å². The van der Waals surface area contributed by atoms with Gasteiger partial charge in [-0.05, 0) is 68.0 Å². The minimum Gasteiger partial charge on any atom is -0.425 e. The molecule has 2 aromatic carbocycles.